The van der Waals surface area contributed by atoms with Crippen LogP contribution in [0, 0.1) is 6.92 Å². The number of piperidine rings is 1. The van der Waals surface area contributed by atoms with Crippen LogP contribution in [0.15, 0.2) is 60.7 Å². The van der Waals surface area contributed by atoms with Gasteiger partial charge in [0.1, 0.15) is 0 Å². The molecule has 28 heavy (non-hydrogen) atoms. The minimum Gasteiger partial charge on any atom is -0.385 e. The van der Waals surface area contributed by atoms with Crippen molar-refractivity contribution in [2.45, 2.75) is 32.0 Å². The van der Waals surface area contributed by atoms with Crippen LogP contribution in [-0.4, -0.2) is 41.2 Å². The van der Waals surface area contributed by atoms with E-state index in [2.05, 4.69) is 34.1 Å². The van der Waals surface area contributed by atoms with Gasteiger partial charge in [0.05, 0.1) is 24.3 Å². The average Bonchev–Trinajstić information content (AvgIpc) is 2.73. The van der Waals surface area contributed by atoms with Crippen molar-refractivity contribution in [3.63, 3.8) is 0 Å². The molecule has 1 N–H and O–H groups in total. The fourth-order valence-electron chi connectivity index (χ4n) is 3.91. The summed E-state index contributed by atoms with van der Waals surface area (Å²) < 4.78 is 5.81. The third-order valence-electron chi connectivity index (χ3n) is 5.71. The van der Waals surface area contributed by atoms with Crippen LogP contribution < -0.4 is 0 Å². The molecule has 0 aliphatic carbocycles. The highest BCUT2D eigenvalue weighted by molar-refractivity contribution is 5.79. The van der Waals surface area contributed by atoms with Gasteiger partial charge in [-0.2, -0.15) is 0 Å². The second kappa shape index (κ2) is 8.39. The van der Waals surface area contributed by atoms with Crippen LogP contribution in [0.2, 0.25) is 0 Å². The minimum absolute atomic E-state index is 0.656. The summed E-state index contributed by atoms with van der Waals surface area (Å²) in [6, 6.07) is 20.5. The van der Waals surface area contributed by atoms with Crippen molar-refractivity contribution < 1.29 is 9.84 Å². The zero-order valence-electron chi connectivity index (χ0n) is 16.5. The first-order valence-corrected chi connectivity index (χ1v) is 10.1. The third-order valence-corrected chi connectivity index (χ3v) is 5.71. The number of fused-ring (bicyclic) bond motifs is 1. The van der Waals surface area contributed by atoms with Crippen molar-refractivity contribution in [1.29, 1.82) is 0 Å². The Morgan fingerprint density at radius 3 is 2.61 bits per heavy atom. The predicted octanol–water partition coefficient (Wildman–Crippen LogP) is 4.04. The summed E-state index contributed by atoms with van der Waals surface area (Å²) in [4.78, 5) is 6.94. The molecule has 0 atom stereocenters. The molecule has 1 saturated heterocycles. The van der Waals surface area contributed by atoms with Gasteiger partial charge in [0.15, 0.2) is 0 Å². The molecule has 0 saturated carbocycles. The Morgan fingerprint density at radius 2 is 1.82 bits per heavy atom. The fourth-order valence-corrected chi connectivity index (χ4v) is 3.91. The van der Waals surface area contributed by atoms with Gasteiger partial charge in [-0.15, -0.1) is 0 Å². The van der Waals surface area contributed by atoms with Gasteiger partial charge < -0.3 is 14.7 Å². The van der Waals surface area contributed by atoms with Crippen LogP contribution in [0.1, 0.15) is 29.7 Å². The van der Waals surface area contributed by atoms with E-state index in [1.165, 1.54) is 5.56 Å². The molecule has 4 rings (SSSR count). The second-order valence-corrected chi connectivity index (χ2v) is 7.77. The van der Waals surface area contributed by atoms with Crippen LogP contribution in [-0.2, 0) is 16.9 Å². The topological polar surface area (TPSA) is 45.6 Å². The Morgan fingerprint density at radius 1 is 1.04 bits per heavy atom. The predicted molar refractivity (Wildman–Crippen MR) is 112 cm³/mol. The molecular weight excluding hydrogens is 348 g/mol. The number of ether oxygens (including phenoxy) is 1. The van der Waals surface area contributed by atoms with Crippen molar-refractivity contribution in [1.82, 2.24) is 9.88 Å². The van der Waals surface area contributed by atoms with Gasteiger partial charge >= 0.3 is 0 Å². The number of aliphatic hydroxyl groups is 1. The van der Waals surface area contributed by atoms with E-state index in [1.54, 1.807) is 0 Å². The standard InChI is InChI=1S/C24H28N2O2/c1-19-7-8-21-17-22(9-10-23(21)25-19)24(27)11-13-26(14-12-24)15-16-28-18-20-5-3-2-4-6-20/h2-10,17,27H,11-16,18H2,1H3. The number of pyridine rings is 1. The van der Waals surface area contributed by atoms with Gasteiger partial charge in [-0.3, -0.25) is 4.98 Å². The molecule has 3 aromatic rings. The number of nitrogens with zero attached hydrogens (tertiary/aromatic N) is 2. The lowest BCUT2D eigenvalue weighted by Gasteiger charge is -2.38. The molecule has 0 unspecified atom stereocenters. The lowest BCUT2D eigenvalue weighted by Crippen LogP contribution is -2.43. The van der Waals surface area contributed by atoms with Gasteiger partial charge in [-0.05, 0) is 49.1 Å². The summed E-state index contributed by atoms with van der Waals surface area (Å²) in [5.74, 6) is 0. The van der Waals surface area contributed by atoms with E-state index in [9.17, 15) is 5.11 Å². The molecule has 146 valence electrons. The van der Waals surface area contributed by atoms with E-state index in [4.69, 9.17) is 4.74 Å². The minimum atomic E-state index is -0.750. The maximum atomic E-state index is 11.2. The highest BCUT2D eigenvalue weighted by Gasteiger charge is 2.33. The van der Waals surface area contributed by atoms with Crippen LogP contribution in [0.5, 0.6) is 0 Å². The van der Waals surface area contributed by atoms with E-state index in [0.29, 0.717) is 13.2 Å². The maximum Gasteiger partial charge on any atom is 0.0921 e. The van der Waals surface area contributed by atoms with Crippen molar-refractivity contribution in [3.8, 4) is 0 Å². The summed E-state index contributed by atoms with van der Waals surface area (Å²) in [5, 5.41) is 12.3. The zero-order valence-corrected chi connectivity index (χ0v) is 16.5. The monoisotopic (exact) mass is 376 g/mol. The average molecular weight is 377 g/mol. The number of likely N-dealkylation sites (tertiary alicyclic amines) is 1. The first kappa shape index (κ1) is 19.1. The molecule has 1 aliphatic heterocycles. The van der Waals surface area contributed by atoms with Crippen LogP contribution >= 0.6 is 0 Å². The molecule has 2 aromatic carbocycles. The summed E-state index contributed by atoms with van der Waals surface area (Å²) in [6.07, 6.45) is 1.49. The zero-order chi connectivity index (χ0) is 19.4. The summed E-state index contributed by atoms with van der Waals surface area (Å²) in [6.45, 7) is 6.05. The highest BCUT2D eigenvalue weighted by atomic mass is 16.5. The number of rotatable bonds is 6. The second-order valence-electron chi connectivity index (χ2n) is 7.77. The van der Waals surface area contributed by atoms with Crippen molar-refractivity contribution in [3.05, 3.63) is 77.5 Å². The fraction of sp³-hybridized carbons (Fsp3) is 0.375. The molecular formula is C24H28N2O2. The van der Waals surface area contributed by atoms with Gasteiger partial charge in [-0.25, -0.2) is 0 Å². The highest BCUT2D eigenvalue weighted by Crippen LogP contribution is 2.34. The van der Waals surface area contributed by atoms with Crippen molar-refractivity contribution in [2.75, 3.05) is 26.2 Å². The molecule has 0 amide bonds. The molecule has 0 spiro atoms. The van der Waals surface area contributed by atoms with Crippen LogP contribution in [0.4, 0.5) is 0 Å². The molecule has 0 radical (unpaired) electrons. The third kappa shape index (κ3) is 4.41. The summed E-state index contributed by atoms with van der Waals surface area (Å²) in [5.41, 5.74) is 3.46. The SMILES string of the molecule is Cc1ccc2cc(C3(O)CCN(CCOCc4ccccc4)CC3)ccc2n1. The first-order valence-electron chi connectivity index (χ1n) is 10.1. The Balaban J connectivity index is 1.29. The molecule has 0 bridgehead atoms. The number of aryl methyl sites for hydroxylation is 1. The summed E-state index contributed by atoms with van der Waals surface area (Å²) in [7, 11) is 0. The first-order chi connectivity index (χ1) is 13.6. The Hall–Kier alpha value is -2.27. The van der Waals surface area contributed by atoms with E-state index in [-0.39, 0.29) is 0 Å². The smallest absolute Gasteiger partial charge is 0.0921 e. The molecule has 4 heteroatoms. The lowest BCUT2D eigenvalue weighted by atomic mass is 9.84. The number of hydrogen-bond donors (Lipinski definition) is 1. The van der Waals surface area contributed by atoms with Gasteiger partial charge in [0.25, 0.3) is 0 Å². The van der Waals surface area contributed by atoms with E-state index >= 15 is 0 Å². The van der Waals surface area contributed by atoms with E-state index in [0.717, 1.165) is 54.6 Å². The van der Waals surface area contributed by atoms with Crippen molar-refractivity contribution in [2.24, 2.45) is 0 Å². The Labute approximate surface area is 166 Å². The van der Waals surface area contributed by atoms with Gasteiger partial charge in [-0.1, -0.05) is 42.5 Å². The van der Waals surface area contributed by atoms with E-state index in [1.807, 2.05) is 43.3 Å². The van der Waals surface area contributed by atoms with Crippen molar-refractivity contribution >= 4 is 10.9 Å². The Kier molecular flexibility index (Phi) is 5.72. The normalized spacial score (nSPS) is 17.1. The van der Waals surface area contributed by atoms with Gasteiger partial charge in [0, 0.05) is 30.7 Å². The molecule has 2 heterocycles. The molecule has 1 aliphatic rings. The molecule has 1 fully saturated rings. The number of aromatic nitrogens is 1. The Bertz CT molecular complexity index is 918. The largest absolute Gasteiger partial charge is 0.385 e. The lowest BCUT2D eigenvalue weighted by molar-refractivity contribution is -0.0317. The molecule has 1 aromatic heterocycles. The number of benzene rings is 2. The van der Waals surface area contributed by atoms with Crippen LogP contribution in [0.25, 0.3) is 10.9 Å². The summed E-state index contributed by atoms with van der Waals surface area (Å²) >= 11 is 0. The molecule has 4 nitrogen and oxygen atoms in total. The van der Waals surface area contributed by atoms with E-state index < -0.39 is 5.60 Å². The quantitative estimate of drug-likeness (QED) is 0.660. The number of hydrogen-bond acceptors (Lipinski definition) is 4. The van der Waals surface area contributed by atoms with Crippen LogP contribution in [0.3, 0.4) is 0 Å². The van der Waals surface area contributed by atoms with Gasteiger partial charge in [0.2, 0.25) is 0 Å². The maximum absolute atomic E-state index is 11.2.